The number of hydrogen-bond donors (Lipinski definition) is 3. The lowest BCUT2D eigenvalue weighted by molar-refractivity contribution is -0.143. The fourth-order valence-electron chi connectivity index (χ4n) is 5.05. The van der Waals surface area contributed by atoms with Gasteiger partial charge in [-0.25, -0.2) is 4.79 Å². The van der Waals surface area contributed by atoms with E-state index in [2.05, 4.69) is 5.32 Å². The van der Waals surface area contributed by atoms with Crippen LogP contribution in [0.2, 0.25) is 0 Å². The molecule has 1 saturated heterocycles. The predicted octanol–water partition coefficient (Wildman–Crippen LogP) is 5.06. The molecule has 0 spiro atoms. The van der Waals surface area contributed by atoms with Crippen LogP contribution in [-0.4, -0.2) is 53.2 Å². The highest BCUT2D eigenvalue weighted by atomic mass is 16.7. The second-order valence-corrected chi connectivity index (χ2v) is 11.4. The van der Waals surface area contributed by atoms with Crippen molar-refractivity contribution in [3.63, 3.8) is 0 Å². The molecule has 3 aromatic rings. The molecule has 1 amide bonds. The van der Waals surface area contributed by atoms with Gasteiger partial charge in [0.1, 0.15) is 5.60 Å². The number of carbonyl (C=O) groups excluding carboxylic acids is 1. The first-order valence-corrected chi connectivity index (χ1v) is 13.9. The van der Waals surface area contributed by atoms with E-state index in [1.54, 1.807) is 20.8 Å². The summed E-state index contributed by atoms with van der Waals surface area (Å²) in [7, 11) is 0. The van der Waals surface area contributed by atoms with Crippen LogP contribution in [0.1, 0.15) is 49.4 Å². The van der Waals surface area contributed by atoms with Crippen LogP contribution in [0, 0.1) is 5.92 Å². The van der Waals surface area contributed by atoms with Crippen LogP contribution < -0.4 is 5.32 Å². The molecule has 1 aliphatic heterocycles. The van der Waals surface area contributed by atoms with Gasteiger partial charge in [-0.3, -0.25) is 4.79 Å². The topological polar surface area (TPSA) is 114 Å². The minimum atomic E-state index is -1.12. The molecule has 4 rings (SSSR count). The number of carboxylic acid groups (broad SMARTS) is 1. The normalized spacial score (nSPS) is 16.9. The predicted molar refractivity (Wildman–Crippen MR) is 154 cm³/mol. The van der Waals surface area contributed by atoms with Crippen LogP contribution in [-0.2, 0) is 37.6 Å². The second kappa shape index (κ2) is 13.3. The lowest BCUT2D eigenvalue weighted by Crippen LogP contribution is -2.47. The second-order valence-electron chi connectivity index (χ2n) is 11.4. The molecule has 1 fully saturated rings. The maximum absolute atomic E-state index is 12.6. The van der Waals surface area contributed by atoms with E-state index in [0.29, 0.717) is 19.6 Å². The van der Waals surface area contributed by atoms with E-state index >= 15 is 0 Å². The number of ether oxygens (including phenoxy) is 3. The molecule has 218 valence electrons. The molecular formula is C33H39NO7. The van der Waals surface area contributed by atoms with Gasteiger partial charge < -0.3 is 29.7 Å². The number of aliphatic carboxylic acids is 1. The first-order valence-electron chi connectivity index (χ1n) is 13.9. The van der Waals surface area contributed by atoms with Gasteiger partial charge in [0.05, 0.1) is 31.3 Å². The van der Waals surface area contributed by atoms with E-state index < -0.39 is 41.5 Å². The Labute approximate surface area is 241 Å². The number of nitrogens with one attached hydrogen (secondary N) is 1. The molecule has 3 atom stereocenters. The summed E-state index contributed by atoms with van der Waals surface area (Å²) in [6.45, 7) is 6.21. The van der Waals surface area contributed by atoms with E-state index in [4.69, 9.17) is 14.2 Å². The summed E-state index contributed by atoms with van der Waals surface area (Å²) in [6, 6.07) is 25.9. The molecule has 41 heavy (non-hydrogen) atoms. The highest BCUT2D eigenvalue weighted by molar-refractivity contribution is 5.71. The van der Waals surface area contributed by atoms with E-state index in [0.717, 1.165) is 22.3 Å². The summed E-state index contributed by atoms with van der Waals surface area (Å²) >= 11 is 0. The Balaban J connectivity index is 1.48. The maximum atomic E-state index is 12.6. The zero-order valence-electron chi connectivity index (χ0n) is 23.8. The van der Waals surface area contributed by atoms with Gasteiger partial charge in [0.15, 0.2) is 0 Å². The van der Waals surface area contributed by atoms with Gasteiger partial charge in [0, 0.05) is 11.1 Å². The number of aliphatic hydroxyl groups is 1. The molecule has 1 heterocycles. The number of aliphatic hydroxyl groups excluding tert-OH is 1. The number of carboxylic acids is 1. The standard InChI is InChI=1S/C33H39NO7/c1-32(2,3)41-31(38)34-28(21-23-10-6-4-7-11-23)29(35)22-25(30(36)37)20-24-14-16-27(17-15-24)33(39-18-19-40-33)26-12-8-5-9-13-26/h4-17,25,28-29,35H,18-22H2,1-3H3,(H,34,38)(H,36,37)/t25-,28+,29-/m1/s1. The van der Waals surface area contributed by atoms with Crippen LogP contribution in [0.3, 0.4) is 0 Å². The highest BCUT2D eigenvalue weighted by Gasteiger charge is 2.40. The van der Waals surface area contributed by atoms with Gasteiger partial charge in [-0.2, -0.15) is 0 Å². The molecule has 8 nitrogen and oxygen atoms in total. The van der Waals surface area contributed by atoms with Crippen LogP contribution >= 0.6 is 0 Å². The van der Waals surface area contributed by atoms with Crippen molar-refractivity contribution in [1.82, 2.24) is 5.32 Å². The molecular weight excluding hydrogens is 522 g/mol. The van der Waals surface area contributed by atoms with E-state index in [-0.39, 0.29) is 12.8 Å². The van der Waals surface area contributed by atoms with Crippen molar-refractivity contribution in [3.05, 3.63) is 107 Å². The van der Waals surface area contributed by atoms with Crippen molar-refractivity contribution in [2.75, 3.05) is 13.2 Å². The van der Waals surface area contributed by atoms with E-state index in [1.807, 2.05) is 84.9 Å². The molecule has 3 aromatic carbocycles. The number of hydrogen-bond acceptors (Lipinski definition) is 6. The average Bonchev–Trinajstić information content (AvgIpc) is 3.44. The Bertz CT molecular complexity index is 1270. The highest BCUT2D eigenvalue weighted by Crippen LogP contribution is 2.38. The third kappa shape index (κ3) is 8.16. The summed E-state index contributed by atoms with van der Waals surface area (Å²) < 4.78 is 17.5. The molecule has 0 aliphatic carbocycles. The number of amides is 1. The lowest BCUT2D eigenvalue weighted by Gasteiger charge is -2.29. The first kappa shape index (κ1) is 30.2. The van der Waals surface area contributed by atoms with Gasteiger partial charge in [-0.15, -0.1) is 0 Å². The van der Waals surface area contributed by atoms with Crippen molar-refractivity contribution in [1.29, 1.82) is 0 Å². The minimum absolute atomic E-state index is 0.0510. The molecule has 0 radical (unpaired) electrons. The Morgan fingerprint density at radius 3 is 1.95 bits per heavy atom. The maximum Gasteiger partial charge on any atom is 0.407 e. The Hall–Kier alpha value is -3.72. The van der Waals surface area contributed by atoms with Gasteiger partial charge in [0.2, 0.25) is 5.79 Å². The van der Waals surface area contributed by atoms with E-state index in [1.165, 1.54) is 0 Å². The third-order valence-corrected chi connectivity index (χ3v) is 7.00. The smallest absolute Gasteiger partial charge is 0.407 e. The molecule has 0 bridgehead atoms. The van der Waals surface area contributed by atoms with Crippen molar-refractivity contribution in [2.45, 2.75) is 63.6 Å². The number of benzene rings is 3. The fraction of sp³-hybridized carbons (Fsp3) is 0.394. The Kier molecular flexibility index (Phi) is 9.81. The summed E-state index contributed by atoms with van der Waals surface area (Å²) in [4.78, 5) is 24.8. The van der Waals surface area contributed by atoms with Gasteiger partial charge >= 0.3 is 12.1 Å². The molecule has 3 N–H and O–H groups in total. The summed E-state index contributed by atoms with van der Waals surface area (Å²) in [5, 5.41) is 24.0. The van der Waals surface area contributed by atoms with Gasteiger partial charge in [-0.1, -0.05) is 84.9 Å². The lowest BCUT2D eigenvalue weighted by atomic mass is 9.88. The molecule has 0 aromatic heterocycles. The van der Waals surface area contributed by atoms with Crippen molar-refractivity contribution in [2.24, 2.45) is 5.92 Å². The number of carbonyl (C=O) groups is 2. The fourth-order valence-corrected chi connectivity index (χ4v) is 5.05. The number of rotatable bonds is 11. The van der Waals surface area contributed by atoms with Crippen LogP contribution in [0.4, 0.5) is 4.79 Å². The molecule has 0 unspecified atom stereocenters. The van der Waals surface area contributed by atoms with Crippen molar-refractivity contribution in [3.8, 4) is 0 Å². The zero-order valence-corrected chi connectivity index (χ0v) is 23.8. The summed E-state index contributed by atoms with van der Waals surface area (Å²) in [6.07, 6.45) is -1.31. The monoisotopic (exact) mass is 561 g/mol. The van der Waals surface area contributed by atoms with Crippen LogP contribution in [0.15, 0.2) is 84.9 Å². The largest absolute Gasteiger partial charge is 0.481 e. The van der Waals surface area contributed by atoms with Crippen molar-refractivity contribution >= 4 is 12.1 Å². The summed E-state index contributed by atoms with van der Waals surface area (Å²) in [5.41, 5.74) is 2.70. The zero-order chi connectivity index (χ0) is 29.5. The first-order chi connectivity index (χ1) is 19.6. The molecule has 0 saturated carbocycles. The Morgan fingerprint density at radius 2 is 1.39 bits per heavy atom. The SMILES string of the molecule is CC(C)(C)OC(=O)N[C@@H](Cc1ccccc1)[C@H](O)C[C@@H](Cc1ccc(C2(c3ccccc3)OCCO2)cc1)C(=O)O. The average molecular weight is 562 g/mol. The quantitative estimate of drug-likeness (QED) is 0.300. The minimum Gasteiger partial charge on any atom is -0.481 e. The Morgan fingerprint density at radius 1 is 0.854 bits per heavy atom. The summed E-state index contributed by atoms with van der Waals surface area (Å²) in [5.74, 6) is -2.90. The van der Waals surface area contributed by atoms with Gasteiger partial charge in [0.25, 0.3) is 0 Å². The third-order valence-electron chi connectivity index (χ3n) is 7.00. The van der Waals surface area contributed by atoms with Crippen LogP contribution in [0.5, 0.6) is 0 Å². The number of alkyl carbamates (subject to hydrolysis) is 1. The van der Waals surface area contributed by atoms with E-state index in [9.17, 15) is 19.8 Å². The van der Waals surface area contributed by atoms with Crippen LogP contribution in [0.25, 0.3) is 0 Å². The van der Waals surface area contributed by atoms with Crippen molar-refractivity contribution < 1.29 is 34.0 Å². The molecule has 8 heteroatoms. The molecule has 1 aliphatic rings. The van der Waals surface area contributed by atoms with Gasteiger partial charge in [-0.05, 0) is 51.2 Å².